The Morgan fingerprint density at radius 3 is 2.79 bits per heavy atom. The van der Waals surface area contributed by atoms with E-state index in [2.05, 4.69) is 31.1 Å². The molecule has 0 amide bonds. The number of carbonyl (C=O) groups excluding carboxylic acids is 1. The average molecular weight is 414 g/mol. The molecule has 1 aromatic heterocycles. The van der Waals surface area contributed by atoms with Crippen molar-refractivity contribution in [3.05, 3.63) is 39.6 Å². The molecule has 0 aliphatic carbocycles. The van der Waals surface area contributed by atoms with Crippen molar-refractivity contribution < 1.29 is 9.53 Å². The van der Waals surface area contributed by atoms with Gasteiger partial charge in [-0.3, -0.25) is 4.68 Å². The van der Waals surface area contributed by atoms with E-state index in [4.69, 9.17) is 16.3 Å². The third-order valence-electron chi connectivity index (χ3n) is 4.32. The van der Waals surface area contributed by atoms with E-state index in [1.54, 1.807) is 12.3 Å². The molecule has 0 saturated carbocycles. The number of esters is 1. The Morgan fingerprint density at radius 2 is 2.17 bits per heavy atom. The molecule has 24 heavy (non-hydrogen) atoms. The Morgan fingerprint density at radius 1 is 1.42 bits per heavy atom. The Balaban J connectivity index is 1.73. The van der Waals surface area contributed by atoms with Crippen molar-refractivity contribution in [2.75, 3.05) is 25.1 Å². The number of methoxy groups -OCH3 is 1. The maximum absolute atomic E-state index is 12.1. The Labute approximate surface area is 153 Å². The summed E-state index contributed by atoms with van der Waals surface area (Å²) < 4.78 is 7.54. The lowest BCUT2D eigenvalue weighted by Gasteiger charge is -2.34. The number of rotatable bonds is 4. The summed E-state index contributed by atoms with van der Waals surface area (Å²) in [7, 11) is 1.38. The molecule has 2 aromatic rings. The van der Waals surface area contributed by atoms with Crippen LogP contribution in [0.3, 0.4) is 0 Å². The summed E-state index contributed by atoms with van der Waals surface area (Å²) in [5, 5.41) is 8.37. The molecule has 0 N–H and O–H groups in total. The predicted octanol–water partition coefficient (Wildman–Crippen LogP) is 3.40. The first-order valence-electron chi connectivity index (χ1n) is 7.75. The minimum absolute atomic E-state index is 0.371. The molecular formula is C16H18BrClN4O2. The van der Waals surface area contributed by atoms with Gasteiger partial charge in [0.1, 0.15) is 0 Å². The summed E-state index contributed by atoms with van der Waals surface area (Å²) >= 11 is 9.58. The molecule has 0 radical (unpaired) electrons. The molecule has 128 valence electrons. The Kier molecular flexibility index (Phi) is 5.40. The van der Waals surface area contributed by atoms with E-state index >= 15 is 0 Å². The highest BCUT2D eigenvalue weighted by molar-refractivity contribution is 9.10. The van der Waals surface area contributed by atoms with Gasteiger partial charge in [0.2, 0.25) is 0 Å². The van der Waals surface area contributed by atoms with E-state index in [1.165, 1.54) is 7.11 Å². The fourth-order valence-corrected chi connectivity index (χ4v) is 3.52. The lowest BCUT2D eigenvalue weighted by Crippen LogP contribution is -2.36. The predicted molar refractivity (Wildman–Crippen MR) is 95.5 cm³/mol. The van der Waals surface area contributed by atoms with Crippen molar-refractivity contribution in [1.82, 2.24) is 15.0 Å². The van der Waals surface area contributed by atoms with E-state index in [0.717, 1.165) is 42.6 Å². The van der Waals surface area contributed by atoms with E-state index in [9.17, 15) is 4.79 Å². The van der Waals surface area contributed by atoms with Crippen LogP contribution >= 0.6 is 27.5 Å². The van der Waals surface area contributed by atoms with Gasteiger partial charge in [0.25, 0.3) is 0 Å². The number of piperidine rings is 1. The van der Waals surface area contributed by atoms with Gasteiger partial charge in [-0.05, 0) is 46.8 Å². The van der Waals surface area contributed by atoms with Crippen LogP contribution in [-0.4, -0.2) is 41.2 Å². The van der Waals surface area contributed by atoms with E-state index in [0.29, 0.717) is 16.5 Å². The van der Waals surface area contributed by atoms with Crippen LogP contribution in [0, 0.1) is 5.92 Å². The van der Waals surface area contributed by atoms with Crippen LogP contribution in [0.25, 0.3) is 0 Å². The Hall–Kier alpha value is -1.60. The standard InChI is InChI=1S/C16H18BrClN4O2/c1-24-16(23)12-8-14(18)13(17)9-15(12)21-5-2-11(3-6-21)10-22-7-4-19-20-22/h4,7-9,11H,2-3,5-6,10H2,1H3. The van der Waals surface area contributed by atoms with E-state index < -0.39 is 0 Å². The summed E-state index contributed by atoms with van der Waals surface area (Å²) in [4.78, 5) is 14.3. The van der Waals surface area contributed by atoms with Crippen LogP contribution < -0.4 is 4.90 Å². The number of hydrogen-bond donors (Lipinski definition) is 0. The number of carbonyl (C=O) groups is 1. The maximum atomic E-state index is 12.1. The van der Waals surface area contributed by atoms with Crippen molar-refractivity contribution in [2.24, 2.45) is 5.92 Å². The molecule has 1 aromatic carbocycles. The first kappa shape index (κ1) is 17.2. The van der Waals surface area contributed by atoms with Gasteiger partial charge in [-0.1, -0.05) is 16.8 Å². The minimum atomic E-state index is -0.371. The van der Waals surface area contributed by atoms with Crippen molar-refractivity contribution >= 4 is 39.2 Å². The first-order chi connectivity index (χ1) is 11.6. The second kappa shape index (κ2) is 7.53. The number of halogens is 2. The fraction of sp³-hybridized carbons (Fsp3) is 0.438. The number of aromatic nitrogens is 3. The largest absolute Gasteiger partial charge is 0.465 e. The van der Waals surface area contributed by atoms with E-state index in [-0.39, 0.29) is 5.97 Å². The number of benzene rings is 1. The van der Waals surface area contributed by atoms with Gasteiger partial charge in [-0.2, -0.15) is 0 Å². The summed E-state index contributed by atoms with van der Waals surface area (Å²) in [6.45, 7) is 2.62. The minimum Gasteiger partial charge on any atom is -0.465 e. The van der Waals surface area contributed by atoms with Gasteiger partial charge in [-0.15, -0.1) is 5.10 Å². The summed E-state index contributed by atoms with van der Waals surface area (Å²) in [5.74, 6) is 0.185. The molecule has 1 aliphatic heterocycles. The highest BCUT2D eigenvalue weighted by Gasteiger charge is 2.24. The van der Waals surface area contributed by atoms with Gasteiger partial charge in [-0.25, -0.2) is 4.79 Å². The zero-order chi connectivity index (χ0) is 17.1. The summed E-state index contributed by atoms with van der Waals surface area (Å²) in [5.41, 5.74) is 1.36. The van der Waals surface area contributed by atoms with E-state index in [1.807, 2.05) is 16.9 Å². The number of hydrogen-bond acceptors (Lipinski definition) is 5. The second-order valence-electron chi connectivity index (χ2n) is 5.83. The lowest BCUT2D eigenvalue weighted by atomic mass is 9.96. The monoisotopic (exact) mass is 412 g/mol. The smallest absolute Gasteiger partial charge is 0.340 e. The van der Waals surface area contributed by atoms with Crippen molar-refractivity contribution in [1.29, 1.82) is 0 Å². The van der Waals surface area contributed by atoms with Crippen molar-refractivity contribution in [3.8, 4) is 0 Å². The lowest BCUT2D eigenvalue weighted by molar-refractivity contribution is 0.0601. The van der Waals surface area contributed by atoms with Crippen LogP contribution in [0.1, 0.15) is 23.2 Å². The van der Waals surface area contributed by atoms with Crippen LogP contribution in [0.5, 0.6) is 0 Å². The quantitative estimate of drug-likeness (QED) is 0.719. The number of anilines is 1. The molecule has 3 rings (SSSR count). The molecule has 0 unspecified atom stereocenters. The average Bonchev–Trinajstić information content (AvgIpc) is 3.10. The summed E-state index contributed by atoms with van der Waals surface area (Å²) in [6, 6.07) is 3.56. The molecular weight excluding hydrogens is 396 g/mol. The number of nitrogens with zero attached hydrogens (tertiary/aromatic N) is 4. The van der Waals surface area contributed by atoms with Gasteiger partial charge >= 0.3 is 5.97 Å². The van der Waals surface area contributed by atoms with Crippen molar-refractivity contribution in [2.45, 2.75) is 19.4 Å². The fourth-order valence-electron chi connectivity index (χ4n) is 3.02. The Bertz CT molecular complexity index is 715. The topological polar surface area (TPSA) is 60.2 Å². The molecule has 1 fully saturated rings. The van der Waals surface area contributed by atoms with Gasteiger partial charge in [0, 0.05) is 30.3 Å². The zero-order valence-electron chi connectivity index (χ0n) is 13.3. The van der Waals surface area contributed by atoms with Gasteiger partial charge in [0.05, 0.1) is 29.6 Å². The van der Waals surface area contributed by atoms with Crippen LogP contribution in [-0.2, 0) is 11.3 Å². The molecule has 2 heterocycles. The molecule has 0 bridgehead atoms. The third-order valence-corrected chi connectivity index (χ3v) is 5.51. The highest BCUT2D eigenvalue weighted by atomic mass is 79.9. The molecule has 0 spiro atoms. The number of ether oxygens (including phenoxy) is 1. The maximum Gasteiger partial charge on any atom is 0.340 e. The molecule has 1 aliphatic rings. The molecule has 6 nitrogen and oxygen atoms in total. The van der Waals surface area contributed by atoms with Gasteiger partial charge in [0.15, 0.2) is 0 Å². The van der Waals surface area contributed by atoms with Crippen LogP contribution in [0.4, 0.5) is 5.69 Å². The second-order valence-corrected chi connectivity index (χ2v) is 7.09. The third kappa shape index (κ3) is 3.72. The van der Waals surface area contributed by atoms with Gasteiger partial charge < -0.3 is 9.64 Å². The highest BCUT2D eigenvalue weighted by Crippen LogP contribution is 2.34. The first-order valence-corrected chi connectivity index (χ1v) is 8.92. The normalized spacial score (nSPS) is 15.5. The molecule has 8 heteroatoms. The van der Waals surface area contributed by atoms with Crippen LogP contribution in [0.15, 0.2) is 29.0 Å². The molecule has 0 atom stereocenters. The van der Waals surface area contributed by atoms with Crippen LogP contribution in [0.2, 0.25) is 5.02 Å². The SMILES string of the molecule is COC(=O)c1cc(Cl)c(Br)cc1N1CCC(Cn2ccnn2)CC1. The zero-order valence-corrected chi connectivity index (χ0v) is 15.6. The molecule has 1 saturated heterocycles. The van der Waals surface area contributed by atoms with Crippen molar-refractivity contribution in [3.63, 3.8) is 0 Å². The summed E-state index contributed by atoms with van der Waals surface area (Å²) in [6.07, 6.45) is 5.64.